The first kappa shape index (κ1) is 20.7. The number of hydrogen-bond acceptors (Lipinski definition) is 3. The number of nitrogens with zero attached hydrogens (tertiary/aromatic N) is 1. The summed E-state index contributed by atoms with van der Waals surface area (Å²) in [5.41, 5.74) is 0.962. The molecule has 138 valence electrons. The Hall–Kier alpha value is -2.37. The fourth-order valence-electron chi connectivity index (χ4n) is 2.17. The molecule has 0 aliphatic rings. The predicted molar refractivity (Wildman–Crippen MR) is 98.0 cm³/mol. The molecule has 3 amide bonds. The summed E-state index contributed by atoms with van der Waals surface area (Å²) in [5, 5.41) is 5.50. The number of benzene rings is 1. The molecule has 0 aliphatic heterocycles. The minimum Gasteiger partial charge on any atom is -0.352 e. The van der Waals surface area contributed by atoms with Crippen molar-refractivity contribution in [2.75, 3.05) is 19.6 Å². The molecule has 6 heteroatoms. The van der Waals surface area contributed by atoms with Crippen molar-refractivity contribution in [3.8, 4) is 0 Å². The van der Waals surface area contributed by atoms with Crippen molar-refractivity contribution in [2.24, 2.45) is 5.41 Å². The fraction of sp³-hybridized carbons (Fsp3) is 0.526. The Morgan fingerprint density at radius 3 is 2.00 bits per heavy atom. The highest BCUT2D eigenvalue weighted by atomic mass is 16.2. The number of carbonyl (C=O) groups is 3. The van der Waals surface area contributed by atoms with Gasteiger partial charge in [-0.3, -0.25) is 14.4 Å². The quantitative estimate of drug-likeness (QED) is 0.791. The second kappa shape index (κ2) is 9.20. The van der Waals surface area contributed by atoms with Crippen molar-refractivity contribution in [1.82, 2.24) is 15.5 Å². The first-order valence-electron chi connectivity index (χ1n) is 8.62. The van der Waals surface area contributed by atoms with Crippen LogP contribution in [0.5, 0.6) is 0 Å². The second-order valence-electron chi connectivity index (χ2n) is 6.88. The van der Waals surface area contributed by atoms with Gasteiger partial charge in [0.15, 0.2) is 0 Å². The molecule has 0 heterocycles. The zero-order valence-electron chi connectivity index (χ0n) is 15.8. The minimum atomic E-state index is -0.433. The van der Waals surface area contributed by atoms with Gasteiger partial charge in [-0.15, -0.1) is 0 Å². The fourth-order valence-corrected chi connectivity index (χ4v) is 2.17. The Labute approximate surface area is 150 Å². The van der Waals surface area contributed by atoms with Crippen LogP contribution < -0.4 is 10.6 Å². The third-order valence-corrected chi connectivity index (χ3v) is 3.87. The van der Waals surface area contributed by atoms with Gasteiger partial charge in [0.1, 0.15) is 0 Å². The zero-order chi connectivity index (χ0) is 19.0. The molecule has 0 aromatic heterocycles. The molecule has 0 saturated carbocycles. The summed E-state index contributed by atoms with van der Waals surface area (Å²) < 4.78 is 0. The first-order chi connectivity index (χ1) is 11.7. The molecule has 25 heavy (non-hydrogen) atoms. The molecule has 6 nitrogen and oxygen atoms in total. The highest BCUT2D eigenvalue weighted by Gasteiger charge is 2.20. The van der Waals surface area contributed by atoms with E-state index in [2.05, 4.69) is 10.6 Å². The van der Waals surface area contributed by atoms with Gasteiger partial charge in [0.2, 0.25) is 11.8 Å². The van der Waals surface area contributed by atoms with E-state index in [-0.39, 0.29) is 24.3 Å². The maximum Gasteiger partial charge on any atom is 0.251 e. The molecule has 2 N–H and O–H groups in total. The molecule has 0 unspecified atom stereocenters. The number of carbonyl (C=O) groups excluding carboxylic acids is 3. The SMILES string of the molecule is CCN(CC)C(=O)CNC(=O)c1ccc(CNC(=O)C(C)(C)C)cc1. The van der Waals surface area contributed by atoms with Crippen molar-refractivity contribution >= 4 is 17.7 Å². The average Bonchev–Trinajstić information content (AvgIpc) is 2.58. The summed E-state index contributed by atoms with van der Waals surface area (Å²) in [6, 6.07) is 6.97. The van der Waals surface area contributed by atoms with Crippen LogP contribution in [0.15, 0.2) is 24.3 Å². The summed E-state index contributed by atoms with van der Waals surface area (Å²) in [4.78, 5) is 37.5. The molecular formula is C19H29N3O3. The van der Waals surface area contributed by atoms with E-state index in [4.69, 9.17) is 0 Å². The van der Waals surface area contributed by atoms with Crippen molar-refractivity contribution in [1.29, 1.82) is 0 Å². The van der Waals surface area contributed by atoms with E-state index >= 15 is 0 Å². The van der Waals surface area contributed by atoms with Crippen molar-refractivity contribution in [2.45, 2.75) is 41.2 Å². The summed E-state index contributed by atoms with van der Waals surface area (Å²) in [7, 11) is 0. The van der Waals surface area contributed by atoms with E-state index in [1.807, 2.05) is 34.6 Å². The van der Waals surface area contributed by atoms with Crippen LogP contribution in [0.4, 0.5) is 0 Å². The Morgan fingerprint density at radius 1 is 0.960 bits per heavy atom. The van der Waals surface area contributed by atoms with Crippen molar-refractivity contribution in [3.05, 3.63) is 35.4 Å². The van der Waals surface area contributed by atoms with Gasteiger partial charge in [-0.05, 0) is 31.5 Å². The van der Waals surface area contributed by atoms with Crippen LogP contribution in [-0.4, -0.2) is 42.3 Å². The predicted octanol–water partition coefficient (Wildman–Crippen LogP) is 1.95. The van der Waals surface area contributed by atoms with E-state index in [1.54, 1.807) is 29.2 Å². The van der Waals surface area contributed by atoms with Crippen molar-refractivity contribution in [3.63, 3.8) is 0 Å². The minimum absolute atomic E-state index is 0.0100. The summed E-state index contributed by atoms with van der Waals surface area (Å²) in [6.45, 7) is 11.0. The summed E-state index contributed by atoms with van der Waals surface area (Å²) in [5.74, 6) is -0.408. The van der Waals surface area contributed by atoms with Gasteiger partial charge < -0.3 is 15.5 Å². The largest absolute Gasteiger partial charge is 0.352 e. The van der Waals surface area contributed by atoms with Crippen LogP contribution in [0.3, 0.4) is 0 Å². The number of nitrogens with one attached hydrogen (secondary N) is 2. The van der Waals surface area contributed by atoms with Gasteiger partial charge in [0.25, 0.3) is 5.91 Å². The molecule has 0 aliphatic carbocycles. The second-order valence-corrected chi connectivity index (χ2v) is 6.88. The molecular weight excluding hydrogens is 318 g/mol. The van der Waals surface area contributed by atoms with Gasteiger partial charge >= 0.3 is 0 Å². The van der Waals surface area contributed by atoms with Gasteiger partial charge in [0, 0.05) is 30.6 Å². The molecule has 1 aromatic rings. The van der Waals surface area contributed by atoms with Crippen LogP contribution in [-0.2, 0) is 16.1 Å². The van der Waals surface area contributed by atoms with Crippen molar-refractivity contribution < 1.29 is 14.4 Å². The van der Waals surface area contributed by atoms with Crippen LogP contribution in [0.25, 0.3) is 0 Å². The monoisotopic (exact) mass is 347 g/mol. The lowest BCUT2D eigenvalue weighted by Gasteiger charge is -2.18. The Kier molecular flexibility index (Phi) is 7.61. The Bertz CT molecular complexity index is 599. The molecule has 0 fully saturated rings. The number of amides is 3. The standard InChI is InChI=1S/C19H29N3O3/c1-6-22(7-2)16(23)13-20-17(24)15-10-8-14(9-11-15)12-21-18(25)19(3,4)5/h8-11H,6-7,12-13H2,1-5H3,(H,20,24)(H,21,25). The Morgan fingerprint density at radius 2 is 1.52 bits per heavy atom. The summed E-state index contributed by atoms with van der Waals surface area (Å²) >= 11 is 0. The van der Waals surface area contributed by atoms with E-state index in [0.29, 0.717) is 25.2 Å². The van der Waals surface area contributed by atoms with Crippen LogP contribution >= 0.6 is 0 Å². The highest BCUT2D eigenvalue weighted by molar-refractivity contribution is 5.96. The third kappa shape index (κ3) is 6.57. The lowest BCUT2D eigenvalue weighted by molar-refractivity contribution is -0.130. The number of likely N-dealkylation sites (N-methyl/N-ethyl adjacent to an activating group) is 1. The zero-order valence-corrected chi connectivity index (χ0v) is 15.8. The molecule has 0 spiro atoms. The third-order valence-electron chi connectivity index (χ3n) is 3.87. The topological polar surface area (TPSA) is 78.5 Å². The number of hydrogen-bond donors (Lipinski definition) is 2. The number of rotatable bonds is 7. The maximum atomic E-state index is 12.1. The van der Waals surface area contributed by atoms with Gasteiger partial charge in [-0.25, -0.2) is 0 Å². The van der Waals surface area contributed by atoms with E-state index in [1.165, 1.54) is 0 Å². The van der Waals surface area contributed by atoms with Crippen LogP contribution in [0.1, 0.15) is 50.5 Å². The Balaban J connectivity index is 2.54. The molecule has 0 saturated heterocycles. The first-order valence-corrected chi connectivity index (χ1v) is 8.62. The molecule has 0 bridgehead atoms. The molecule has 1 rings (SSSR count). The normalized spacial score (nSPS) is 10.9. The maximum absolute atomic E-state index is 12.1. The molecule has 1 aromatic carbocycles. The molecule has 0 radical (unpaired) electrons. The smallest absolute Gasteiger partial charge is 0.251 e. The average molecular weight is 347 g/mol. The van der Waals surface area contributed by atoms with Gasteiger partial charge in [0.05, 0.1) is 6.54 Å². The molecule has 0 atom stereocenters. The van der Waals surface area contributed by atoms with E-state index in [0.717, 1.165) is 5.56 Å². The van der Waals surface area contributed by atoms with E-state index in [9.17, 15) is 14.4 Å². The van der Waals surface area contributed by atoms with Crippen LogP contribution in [0.2, 0.25) is 0 Å². The lowest BCUT2D eigenvalue weighted by Crippen LogP contribution is -2.40. The van der Waals surface area contributed by atoms with E-state index < -0.39 is 5.41 Å². The van der Waals surface area contributed by atoms with Crippen LogP contribution in [0, 0.1) is 5.41 Å². The summed E-state index contributed by atoms with van der Waals surface area (Å²) in [6.07, 6.45) is 0. The lowest BCUT2D eigenvalue weighted by atomic mass is 9.95. The van der Waals surface area contributed by atoms with Gasteiger partial charge in [-0.1, -0.05) is 32.9 Å². The highest BCUT2D eigenvalue weighted by Crippen LogP contribution is 2.13. The van der Waals surface area contributed by atoms with Gasteiger partial charge in [-0.2, -0.15) is 0 Å².